The van der Waals surface area contributed by atoms with Crippen molar-refractivity contribution in [3.05, 3.63) is 0 Å². The highest BCUT2D eigenvalue weighted by molar-refractivity contribution is 5.83. The third-order valence-electron chi connectivity index (χ3n) is 8.47. The lowest BCUT2D eigenvalue weighted by Gasteiger charge is -2.40. The van der Waals surface area contributed by atoms with Gasteiger partial charge < -0.3 is 25.0 Å². The number of aliphatic hydroxyl groups excluding tert-OH is 2. The van der Waals surface area contributed by atoms with Gasteiger partial charge in [-0.3, -0.25) is 30.4 Å². The van der Waals surface area contributed by atoms with Crippen molar-refractivity contribution in [2.24, 2.45) is 17.8 Å². The Hall–Kier alpha value is -1.34. The molecule has 232 valence electrons. The molecule has 0 spiro atoms. The maximum atomic E-state index is 12.6. The Labute approximate surface area is 240 Å². The number of amides is 1. The van der Waals surface area contributed by atoms with Crippen molar-refractivity contribution >= 4 is 11.9 Å². The summed E-state index contributed by atoms with van der Waals surface area (Å²) in [6.07, 6.45) is 8.49. The number of ether oxygens (including phenoxy) is 2. The fourth-order valence-electron chi connectivity index (χ4n) is 6.27. The van der Waals surface area contributed by atoms with E-state index in [0.717, 1.165) is 71.0 Å². The average Bonchev–Trinajstić information content (AvgIpc) is 2.92. The van der Waals surface area contributed by atoms with Crippen molar-refractivity contribution in [1.29, 1.82) is 0 Å². The van der Waals surface area contributed by atoms with Gasteiger partial charge in [0.2, 0.25) is 5.91 Å². The summed E-state index contributed by atoms with van der Waals surface area (Å²) in [6, 6.07) is 0.469. The van der Waals surface area contributed by atoms with Crippen molar-refractivity contribution in [2.45, 2.75) is 96.2 Å². The van der Waals surface area contributed by atoms with Crippen molar-refractivity contribution in [3.8, 4) is 0 Å². The van der Waals surface area contributed by atoms with E-state index in [9.17, 15) is 9.59 Å². The average molecular weight is 570 g/mol. The Morgan fingerprint density at radius 3 is 2.08 bits per heavy atom. The Kier molecular flexibility index (Phi) is 14.0. The predicted molar refractivity (Wildman–Crippen MR) is 153 cm³/mol. The minimum Gasteiger partial charge on any atom is -0.459 e. The van der Waals surface area contributed by atoms with Crippen LogP contribution < -0.4 is 21.3 Å². The summed E-state index contributed by atoms with van der Waals surface area (Å²) in [5, 5.41) is 32.1. The van der Waals surface area contributed by atoms with E-state index in [4.69, 9.17) is 19.7 Å². The lowest BCUT2D eigenvalue weighted by atomic mass is 9.75. The summed E-state index contributed by atoms with van der Waals surface area (Å²) in [4.78, 5) is 26.5. The molecule has 2 aliphatic carbocycles. The molecule has 0 aromatic carbocycles. The van der Waals surface area contributed by atoms with Gasteiger partial charge >= 0.3 is 5.97 Å². The molecule has 0 aromatic rings. The van der Waals surface area contributed by atoms with Crippen LogP contribution in [0.4, 0.5) is 0 Å². The lowest BCUT2D eigenvalue weighted by Crippen LogP contribution is -2.63. The van der Waals surface area contributed by atoms with Crippen LogP contribution in [0.5, 0.6) is 0 Å². The summed E-state index contributed by atoms with van der Waals surface area (Å²) in [7, 11) is 0. The Morgan fingerprint density at radius 2 is 1.50 bits per heavy atom. The molecule has 3 rings (SSSR count). The first-order valence-electron chi connectivity index (χ1n) is 15.4. The van der Waals surface area contributed by atoms with Crippen LogP contribution in [0.1, 0.15) is 72.1 Å². The van der Waals surface area contributed by atoms with Crippen LogP contribution in [-0.2, 0) is 19.1 Å². The molecule has 1 amide bonds. The quantitative estimate of drug-likeness (QED) is 0.164. The minimum atomic E-state index is -0.544. The molecule has 3 aliphatic rings. The molecule has 11 nitrogen and oxygen atoms in total. The first kappa shape index (κ1) is 33.2. The molecule has 3 fully saturated rings. The first-order valence-corrected chi connectivity index (χ1v) is 15.4. The van der Waals surface area contributed by atoms with Gasteiger partial charge in [-0.1, -0.05) is 0 Å². The van der Waals surface area contributed by atoms with Gasteiger partial charge in [-0.05, 0) is 84.0 Å². The molecule has 2 saturated carbocycles. The van der Waals surface area contributed by atoms with Gasteiger partial charge in [0.05, 0.1) is 25.9 Å². The maximum Gasteiger partial charge on any atom is 0.325 e. The topological polar surface area (TPSA) is 144 Å². The zero-order valence-corrected chi connectivity index (χ0v) is 25.0. The van der Waals surface area contributed by atoms with Gasteiger partial charge in [0.25, 0.3) is 0 Å². The Balaban J connectivity index is 1.25. The summed E-state index contributed by atoms with van der Waals surface area (Å²) < 4.78 is 11.4. The van der Waals surface area contributed by atoms with Crippen LogP contribution in [0.15, 0.2) is 0 Å². The van der Waals surface area contributed by atoms with E-state index in [0.29, 0.717) is 37.6 Å². The van der Waals surface area contributed by atoms with E-state index in [1.165, 1.54) is 0 Å². The fourth-order valence-corrected chi connectivity index (χ4v) is 6.27. The molecule has 0 radical (unpaired) electrons. The summed E-state index contributed by atoms with van der Waals surface area (Å²) in [6.45, 7) is 10.0. The van der Waals surface area contributed by atoms with E-state index in [2.05, 4.69) is 21.3 Å². The van der Waals surface area contributed by atoms with E-state index >= 15 is 0 Å². The number of hydrogen-bond acceptors (Lipinski definition) is 10. The molecule has 0 unspecified atom stereocenters. The number of nitrogens with one attached hydrogen (secondary N) is 4. The fraction of sp³-hybridized carbons (Fsp3) is 0.931. The standard InChI is InChI=1S/C29H55N5O6/c1-29(2,3)40-26(37)20-30-27(38)22-6-4-21(5-7-22)23-18-31-28(32-19-23)33-24-8-10-25(11-9-24)39-17-14-34(12-15-35)13-16-36/h21-25,28,31-33,35-36H,4-20H2,1-3H3,(H,30,38). The second kappa shape index (κ2) is 16.9. The molecule has 0 atom stereocenters. The smallest absolute Gasteiger partial charge is 0.325 e. The highest BCUT2D eigenvalue weighted by atomic mass is 16.6. The second-order valence-electron chi connectivity index (χ2n) is 12.7. The molecule has 40 heavy (non-hydrogen) atoms. The number of rotatable bonds is 14. The van der Waals surface area contributed by atoms with E-state index in [1.807, 2.05) is 25.7 Å². The molecular formula is C29H55N5O6. The second-order valence-corrected chi connectivity index (χ2v) is 12.7. The van der Waals surface area contributed by atoms with Crippen molar-refractivity contribution in [3.63, 3.8) is 0 Å². The number of hydrogen-bond donors (Lipinski definition) is 6. The third kappa shape index (κ3) is 11.9. The zero-order chi connectivity index (χ0) is 29.0. The maximum absolute atomic E-state index is 12.6. The van der Waals surface area contributed by atoms with Crippen LogP contribution in [0.2, 0.25) is 0 Å². The van der Waals surface area contributed by atoms with Crippen molar-refractivity contribution in [2.75, 3.05) is 59.1 Å². The van der Waals surface area contributed by atoms with Crippen LogP contribution in [0, 0.1) is 17.8 Å². The Morgan fingerprint density at radius 1 is 0.875 bits per heavy atom. The van der Waals surface area contributed by atoms with Gasteiger partial charge in [0, 0.05) is 44.7 Å². The molecule has 6 N–H and O–H groups in total. The van der Waals surface area contributed by atoms with Gasteiger partial charge in [0.1, 0.15) is 18.4 Å². The van der Waals surface area contributed by atoms with Crippen molar-refractivity contribution < 1.29 is 29.3 Å². The van der Waals surface area contributed by atoms with Gasteiger partial charge in [0.15, 0.2) is 0 Å². The highest BCUT2D eigenvalue weighted by Gasteiger charge is 2.33. The van der Waals surface area contributed by atoms with Gasteiger partial charge in [-0.25, -0.2) is 0 Å². The summed E-state index contributed by atoms with van der Waals surface area (Å²) >= 11 is 0. The van der Waals surface area contributed by atoms with E-state index in [-0.39, 0.29) is 44.0 Å². The third-order valence-corrected chi connectivity index (χ3v) is 8.47. The molecule has 1 saturated heterocycles. The van der Waals surface area contributed by atoms with Crippen molar-refractivity contribution in [1.82, 2.24) is 26.2 Å². The number of aliphatic hydroxyl groups is 2. The molecule has 0 aromatic heterocycles. The molecule has 11 heteroatoms. The monoisotopic (exact) mass is 569 g/mol. The lowest BCUT2D eigenvalue weighted by molar-refractivity contribution is -0.154. The van der Waals surface area contributed by atoms with Gasteiger partial charge in [-0.2, -0.15) is 0 Å². The first-order chi connectivity index (χ1) is 19.2. The predicted octanol–water partition coefficient (Wildman–Crippen LogP) is 0.547. The summed E-state index contributed by atoms with van der Waals surface area (Å²) in [5.74, 6) is 0.726. The molecule has 1 heterocycles. The van der Waals surface area contributed by atoms with Crippen LogP contribution in [0.3, 0.4) is 0 Å². The van der Waals surface area contributed by atoms with Gasteiger partial charge in [-0.15, -0.1) is 0 Å². The number of carbonyl (C=O) groups excluding carboxylic acids is 2. The molecule has 1 aliphatic heterocycles. The summed E-state index contributed by atoms with van der Waals surface area (Å²) in [5.41, 5.74) is -0.544. The minimum absolute atomic E-state index is 0.0169. The van der Waals surface area contributed by atoms with E-state index < -0.39 is 11.6 Å². The largest absolute Gasteiger partial charge is 0.459 e. The number of nitrogens with zero attached hydrogens (tertiary/aromatic N) is 1. The number of esters is 1. The zero-order valence-electron chi connectivity index (χ0n) is 25.0. The van der Waals surface area contributed by atoms with E-state index in [1.54, 1.807) is 0 Å². The Bertz CT molecular complexity index is 736. The molecular weight excluding hydrogens is 514 g/mol. The SMILES string of the molecule is CC(C)(C)OC(=O)CNC(=O)C1CCC(C2CNC(NC3CCC(OCCN(CCO)CCO)CC3)NC2)CC1. The van der Waals surface area contributed by atoms with Crippen LogP contribution >= 0.6 is 0 Å². The number of carbonyl (C=O) groups is 2. The van der Waals surface area contributed by atoms with Crippen LogP contribution in [-0.4, -0.2) is 110 Å². The normalized spacial score (nSPS) is 29.8. The van der Waals surface area contributed by atoms with Crippen LogP contribution in [0.25, 0.3) is 0 Å². The highest BCUT2D eigenvalue weighted by Crippen LogP contribution is 2.34. The molecule has 0 bridgehead atoms.